The van der Waals surface area contributed by atoms with E-state index in [9.17, 15) is 9.59 Å². The molecule has 3 aromatic rings. The lowest BCUT2D eigenvalue weighted by Gasteiger charge is -2.20. The average Bonchev–Trinajstić information content (AvgIpc) is 2.72. The summed E-state index contributed by atoms with van der Waals surface area (Å²) in [6.45, 7) is 6.12. The van der Waals surface area contributed by atoms with E-state index in [1.807, 2.05) is 55.4 Å². The van der Waals surface area contributed by atoms with Gasteiger partial charge in [-0.05, 0) is 55.8 Å². The van der Waals surface area contributed by atoms with Gasteiger partial charge in [-0.15, -0.1) is 0 Å². The van der Waals surface area contributed by atoms with Crippen LogP contribution in [0.1, 0.15) is 29.8 Å². The first-order valence-electron chi connectivity index (χ1n) is 9.75. The summed E-state index contributed by atoms with van der Waals surface area (Å²) in [6.07, 6.45) is 3.13. The molecule has 0 aliphatic heterocycles. The summed E-state index contributed by atoms with van der Waals surface area (Å²) in [5.41, 5.74) is 2.84. The Labute approximate surface area is 170 Å². The van der Waals surface area contributed by atoms with Crippen LogP contribution in [0.5, 0.6) is 0 Å². The lowest BCUT2D eigenvalue weighted by Crippen LogP contribution is -2.21. The monoisotopic (exact) mass is 390 g/mol. The Morgan fingerprint density at radius 2 is 1.62 bits per heavy atom. The minimum absolute atomic E-state index is 0.0334. The molecule has 2 aromatic carbocycles. The molecule has 0 saturated carbocycles. The Hall–Kier alpha value is -3.34. The molecule has 0 N–H and O–H groups in total. The summed E-state index contributed by atoms with van der Waals surface area (Å²) < 4.78 is 5.38. The van der Waals surface area contributed by atoms with E-state index in [0.29, 0.717) is 5.58 Å². The molecule has 0 atom stereocenters. The Bertz CT molecular complexity index is 1090. The van der Waals surface area contributed by atoms with Gasteiger partial charge in [0.15, 0.2) is 5.78 Å². The van der Waals surface area contributed by atoms with E-state index in [4.69, 9.17) is 4.42 Å². The zero-order valence-electron chi connectivity index (χ0n) is 17.3. The molecule has 0 aliphatic rings. The molecule has 3 rings (SSSR count). The Morgan fingerprint density at radius 3 is 2.24 bits per heavy atom. The highest BCUT2D eigenvalue weighted by Crippen LogP contribution is 2.21. The van der Waals surface area contributed by atoms with E-state index in [0.717, 1.165) is 35.4 Å². The van der Waals surface area contributed by atoms with Crippen LogP contribution >= 0.6 is 0 Å². The number of anilines is 2. The minimum Gasteiger partial charge on any atom is -0.422 e. The first-order valence-corrected chi connectivity index (χ1v) is 9.75. The fourth-order valence-electron chi connectivity index (χ4n) is 3.20. The summed E-state index contributed by atoms with van der Waals surface area (Å²) in [5.74, 6) is -0.370. The van der Waals surface area contributed by atoms with Gasteiger partial charge in [0.1, 0.15) is 11.1 Å². The number of fused-ring (bicyclic) bond motifs is 1. The van der Waals surface area contributed by atoms with Crippen molar-refractivity contribution in [2.75, 3.05) is 37.0 Å². The van der Waals surface area contributed by atoms with Crippen LogP contribution in [0.4, 0.5) is 11.4 Å². The number of carbonyl (C=O) groups is 1. The lowest BCUT2D eigenvalue weighted by molar-refractivity contribution is 0.104. The van der Waals surface area contributed by atoms with E-state index >= 15 is 0 Å². The molecule has 1 aromatic heterocycles. The second-order valence-electron chi connectivity index (χ2n) is 7.03. The molecule has 150 valence electrons. The number of nitrogens with zero attached hydrogens (tertiary/aromatic N) is 2. The van der Waals surface area contributed by atoms with Gasteiger partial charge in [-0.2, -0.15) is 0 Å². The molecule has 0 radical (unpaired) electrons. The standard InChI is InChI=1S/C24H26N2O3/c1-5-26(6-2)19-11-7-17(8-12-19)9-14-22(27)21-15-18-10-13-20(25(3)4)16-23(18)29-24(21)28/h7-16H,5-6H2,1-4H3/b14-9+. The molecule has 1 heterocycles. The highest BCUT2D eigenvalue weighted by molar-refractivity contribution is 6.07. The number of rotatable bonds is 7. The summed E-state index contributed by atoms with van der Waals surface area (Å²) in [7, 11) is 3.83. The van der Waals surface area contributed by atoms with Gasteiger partial charge in [-0.3, -0.25) is 4.79 Å². The van der Waals surface area contributed by atoms with E-state index in [-0.39, 0.29) is 11.3 Å². The second-order valence-corrected chi connectivity index (χ2v) is 7.03. The zero-order valence-corrected chi connectivity index (χ0v) is 17.3. The Balaban J connectivity index is 1.83. The van der Waals surface area contributed by atoms with Crippen LogP contribution in [0.2, 0.25) is 0 Å². The van der Waals surface area contributed by atoms with Crippen LogP contribution in [0, 0.1) is 0 Å². The quantitative estimate of drug-likeness (QED) is 0.335. The summed E-state index contributed by atoms with van der Waals surface area (Å²) in [5, 5.41) is 0.718. The van der Waals surface area contributed by atoms with Gasteiger partial charge in [-0.25, -0.2) is 4.79 Å². The first kappa shape index (κ1) is 20.4. The van der Waals surface area contributed by atoms with E-state index < -0.39 is 5.63 Å². The third-order valence-electron chi connectivity index (χ3n) is 4.95. The van der Waals surface area contributed by atoms with E-state index in [1.165, 1.54) is 6.08 Å². The fourth-order valence-corrected chi connectivity index (χ4v) is 3.20. The highest BCUT2D eigenvalue weighted by Gasteiger charge is 2.12. The third-order valence-corrected chi connectivity index (χ3v) is 4.95. The molecule has 0 unspecified atom stereocenters. The number of hydrogen-bond acceptors (Lipinski definition) is 5. The van der Waals surface area contributed by atoms with Crippen LogP contribution in [0.25, 0.3) is 17.0 Å². The summed E-state index contributed by atoms with van der Waals surface area (Å²) in [6, 6.07) is 15.1. The Morgan fingerprint density at radius 1 is 0.966 bits per heavy atom. The van der Waals surface area contributed by atoms with Crippen molar-refractivity contribution in [3.05, 3.63) is 76.2 Å². The molecule has 0 aliphatic carbocycles. The van der Waals surface area contributed by atoms with Crippen LogP contribution in [0.3, 0.4) is 0 Å². The molecule has 0 saturated heterocycles. The maximum Gasteiger partial charge on any atom is 0.347 e. The molecule has 0 fully saturated rings. The van der Waals surface area contributed by atoms with Crippen molar-refractivity contribution in [3.63, 3.8) is 0 Å². The first-order chi connectivity index (χ1) is 13.9. The van der Waals surface area contributed by atoms with Gasteiger partial charge in [0, 0.05) is 50.0 Å². The van der Waals surface area contributed by atoms with Crippen LogP contribution in [-0.4, -0.2) is 33.0 Å². The largest absolute Gasteiger partial charge is 0.422 e. The van der Waals surface area contributed by atoms with Crippen molar-refractivity contribution >= 4 is 34.2 Å². The van der Waals surface area contributed by atoms with Crippen LogP contribution in [0.15, 0.2) is 63.8 Å². The summed E-state index contributed by atoms with van der Waals surface area (Å²) >= 11 is 0. The number of carbonyl (C=O) groups excluding carboxylic acids is 1. The maximum absolute atomic E-state index is 12.6. The van der Waals surface area contributed by atoms with Crippen molar-refractivity contribution in [2.45, 2.75) is 13.8 Å². The van der Waals surface area contributed by atoms with Crippen LogP contribution < -0.4 is 15.4 Å². The average molecular weight is 390 g/mol. The van der Waals surface area contributed by atoms with E-state index in [1.54, 1.807) is 18.2 Å². The van der Waals surface area contributed by atoms with Crippen molar-refractivity contribution in [1.29, 1.82) is 0 Å². The van der Waals surface area contributed by atoms with Crippen molar-refractivity contribution < 1.29 is 9.21 Å². The Kier molecular flexibility index (Phi) is 6.17. The van der Waals surface area contributed by atoms with Gasteiger partial charge in [0.05, 0.1) is 0 Å². The fraction of sp³-hybridized carbons (Fsp3) is 0.250. The zero-order chi connectivity index (χ0) is 21.0. The minimum atomic E-state index is -0.625. The molecule has 0 spiro atoms. The molecular formula is C24H26N2O3. The smallest absolute Gasteiger partial charge is 0.347 e. The van der Waals surface area contributed by atoms with Gasteiger partial charge in [0.2, 0.25) is 0 Å². The third kappa shape index (κ3) is 4.57. The predicted molar refractivity (Wildman–Crippen MR) is 120 cm³/mol. The molecular weight excluding hydrogens is 364 g/mol. The van der Waals surface area contributed by atoms with Gasteiger partial charge < -0.3 is 14.2 Å². The predicted octanol–water partition coefficient (Wildman–Crippen LogP) is 4.60. The van der Waals surface area contributed by atoms with Crippen molar-refractivity contribution in [1.82, 2.24) is 0 Å². The number of benzene rings is 2. The van der Waals surface area contributed by atoms with Gasteiger partial charge >= 0.3 is 5.63 Å². The number of allylic oxidation sites excluding steroid dienone is 1. The van der Waals surface area contributed by atoms with Crippen molar-refractivity contribution in [2.24, 2.45) is 0 Å². The van der Waals surface area contributed by atoms with Crippen molar-refractivity contribution in [3.8, 4) is 0 Å². The second kappa shape index (κ2) is 8.78. The molecule has 29 heavy (non-hydrogen) atoms. The molecule has 5 nitrogen and oxygen atoms in total. The summed E-state index contributed by atoms with van der Waals surface area (Å²) in [4.78, 5) is 29.0. The van der Waals surface area contributed by atoms with Gasteiger partial charge in [0.25, 0.3) is 0 Å². The highest BCUT2D eigenvalue weighted by atomic mass is 16.4. The van der Waals surface area contributed by atoms with Gasteiger partial charge in [-0.1, -0.05) is 18.2 Å². The number of ketones is 1. The number of hydrogen-bond donors (Lipinski definition) is 0. The van der Waals surface area contributed by atoms with Crippen LogP contribution in [-0.2, 0) is 0 Å². The lowest BCUT2D eigenvalue weighted by atomic mass is 10.1. The van der Waals surface area contributed by atoms with E-state index in [2.05, 4.69) is 18.7 Å². The molecule has 0 amide bonds. The molecule has 0 bridgehead atoms. The molecule has 5 heteroatoms. The normalized spacial score (nSPS) is 11.2. The maximum atomic E-state index is 12.6. The SMILES string of the molecule is CCN(CC)c1ccc(/C=C/C(=O)c2cc3ccc(N(C)C)cc3oc2=O)cc1. The topological polar surface area (TPSA) is 53.8 Å².